The zero-order valence-electron chi connectivity index (χ0n) is 13.1. The normalized spacial score (nSPS) is 11.1. The second kappa shape index (κ2) is 5.82. The first-order chi connectivity index (χ1) is 12.1. The van der Waals surface area contributed by atoms with E-state index in [1.165, 1.54) is 6.07 Å². The van der Waals surface area contributed by atoms with Crippen molar-refractivity contribution in [2.45, 2.75) is 6.54 Å². The Labute approximate surface area is 142 Å². The SMILES string of the molecule is Nc1ccc(Cn2ncc3c(-c4ccncc4)nc(N)nc32)c(F)c1. The molecule has 0 unspecified atom stereocenters. The molecule has 25 heavy (non-hydrogen) atoms. The Kier molecular flexibility index (Phi) is 3.50. The van der Waals surface area contributed by atoms with Crippen molar-refractivity contribution in [3.63, 3.8) is 0 Å². The monoisotopic (exact) mass is 335 g/mol. The number of nitrogens with zero attached hydrogens (tertiary/aromatic N) is 5. The molecule has 3 heterocycles. The van der Waals surface area contributed by atoms with Crippen molar-refractivity contribution in [1.29, 1.82) is 0 Å². The predicted octanol–water partition coefficient (Wildman–Crippen LogP) is 2.24. The molecule has 124 valence electrons. The van der Waals surface area contributed by atoms with Gasteiger partial charge in [0.1, 0.15) is 5.82 Å². The molecule has 0 aliphatic heterocycles. The summed E-state index contributed by atoms with van der Waals surface area (Å²) in [6, 6.07) is 8.23. The fraction of sp³-hybridized carbons (Fsp3) is 0.0588. The summed E-state index contributed by atoms with van der Waals surface area (Å²) in [7, 11) is 0. The Morgan fingerprint density at radius 1 is 1.04 bits per heavy atom. The molecule has 4 aromatic rings. The predicted molar refractivity (Wildman–Crippen MR) is 92.9 cm³/mol. The molecule has 1 aromatic carbocycles. The van der Waals surface area contributed by atoms with Crippen molar-refractivity contribution >= 4 is 22.7 Å². The fourth-order valence-corrected chi connectivity index (χ4v) is 2.67. The maximum absolute atomic E-state index is 14.1. The summed E-state index contributed by atoms with van der Waals surface area (Å²) >= 11 is 0. The molecular formula is C17H14FN7. The third-order valence-corrected chi connectivity index (χ3v) is 3.86. The van der Waals surface area contributed by atoms with Crippen LogP contribution in [0, 0.1) is 5.82 Å². The molecule has 0 atom stereocenters. The maximum Gasteiger partial charge on any atom is 0.222 e. The van der Waals surface area contributed by atoms with Crippen LogP contribution in [0.3, 0.4) is 0 Å². The molecule has 0 amide bonds. The van der Waals surface area contributed by atoms with E-state index in [9.17, 15) is 4.39 Å². The minimum Gasteiger partial charge on any atom is -0.399 e. The van der Waals surface area contributed by atoms with Crippen molar-refractivity contribution in [2.75, 3.05) is 11.5 Å². The molecule has 0 saturated carbocycles. The van der Waals surface area contributed by atoms with E-state index in [1.807, 2.05) is 12.1 Å². The highest BCUT2D eigenvalue weighted by Gasteiger charge is 2.14. The summed E-state index contributed by atoms with van der Waals surface area (Å²) in [6.45, 7) is 0.210. The first-order valence-corrected chi connectivity index (χ1v) is 7.55. The number of halogens is 1. The molecule has 0 spiro atoms. The third kappa shape index (κ3) is 2.74. The van der Waals surface area contributed by atoms with Crippen LogP contribution in [0.2, 0.25) is 0 Å². The van der Waals surface area contributed by atoms with E-state index >= 15 is 0 Å². The van der Waals surface area contributed by atoms with Gasteiger partial charge in [-0.1, -0.05) is 6.07 Å². The Morgan fingerprint density at radius 3 is 2.60 bits per heavy atom. The molecule has 0 aliphatic rings. The number of pyridine rings is 1. The van der Waals surface area contributed by atoms with Crippen LogP contribution in [0.15, 0.2) is 48.9 Å². The summed E-state index contributed by atoms with van der Waals surface area (Å²) in [5, 5.41) is 5.06. The minimum absolute atomic E-state index is 0.124. The number of hydrogen-bond donors (Lipinski definition) is 2. The van der Waals surface area contributed by atoms with Crippen LogP contribution in [-0.2, 0) is 6.54 Å². The maximum atomic E-state index is 14.1. The van der Waals surface area contributed by atoms with Gasteiger partial charge in [0.2, 0.25) is 5.95 Å². The lowest BCUT2D eigenvalue weighted by molar-refractivity contribution is 0.590. The number of anilines is 2. The smallest absolute Gasteiger partial charge is 0.222 e. The average molecular weight is 335 g/mol. The Balaban J connectivity index is 1.83. The fourth-order valence-electron chi connectivity index (χ4n) is 2.67. The molecule has 8 heteroatoms. The van der Waals surface area contributed by atoms with Crippen LogP contribution >= 0.6 is 0 Å². The van der Waals surface area contributed by atoms with Crippen molar-refractivity contribution in [2.24, 2.45) is 0 Å². The number of rotatable bonds is 3. The summed E-state index contributed by atoms with van der Waals surface area (Å²) in [6.07, 6.45) is 5.00. The van der Waals surface area contributed by atoms with Crippen molar-refractivity contribution in [3.8, 4) is 11.3 Å². The van der Waals surface area contributed by atoms with E-state index in [2.05, 4.69) is 20.1 Å². The first kappa shape index (κ1) is 15.0. The van der Waals surface area contributed by atoms with Crippen LogP contribution in [0.25, 0.3) is 22.3 Å². The van der Waals surface area contributed by atoms with E-state index in [0.717, 1.165) is 10.9 Å². The molecular weight excluding hydrogens is 321 g/mol. The van der Waals surface area contributed by atoms with Crippen LogP contribution in [0.5, 0.6) is 0 Å². The molecule has 0 radical (unpaired) electrons. The van der Waals surface area contributed by atoms with Gasteiger partial charge in [-0.05, 0) is 24.3 Å². The highest BCUT2D eigenvalue weighted by molar-refractivity contribution is 5.90. The van der Waals surface area contributed by atoms with Crippen LogP contribution in [0.1, 0.15) is 5.56 Å². The van der Waals surface area contributed by atoms with Crippen LogP contribution < -0.4 is 11.5 Å². The van der Waals surface area contributed by atoms with Gasteiger partial charge in [0.05, 0.1) is 23.8 Å². The lowest BCUT2D eigenvalue weighted by Gasteiger charge is -2.07. The van der Waals surface area contributed by atoms with Gasteiger partial charge in [-0.25, -0.2) is 14.1 Å². The van der Waals surface area contributed by atoms with E-state index in [1.54, 1.807) is 35.4 Å². The average Bonchev–Trinajstić information content (AvgIpc) is 3.00. The number of aromatic nitrogens is 5. The topological polar surface area (TPSA) is 109 Å². The molecule has 7 nitrogen and oxygen atoms in total. The number of nitrogen functional groups attached to an aromatic ring is 2. The second-order valence-electron chi connectivity index (χ2n) is 5.56. The van der Waals surface area contributed by atoms with Gasteiger partial charge in [-0.2, -0.15) is 10.1 Å². The second-order valence-corrected chi connectivity index (χ2v) is 5.56. The van der Waals surface area contributed by atoms with E-state index in [4.69, 9.17) is 11.5 Å². The molecule has 0 aliphatic carbocycles. The van der Waals surface area contributed by atoms with E-state index < -0.39 is 0 Å². The van der Waals surface area contributed by atoms with Crippen molar-refractivity contribution in [1.82, 2.24) is 24.7 Å². The quantitative estimate of drug-likeness (QED) is 0.556. The summed E-state index contributed by atoms with van der Waals surface area (Å²) in [5.41, 5.74) is 14.3. The van der Waals surface area contributed by atoms with E-state index in [-0.39, 0.29) is 18.3 Å². The first-order valence-electron chi connectivity index (χ1n) is 7.55. The number of nitrogens with two attached hydrogens (primary N) is 2. The molecule has 0 bridgehead atoms. The van der Waals surface area contributed by atoms with Gasteiger partial charge in [0.25, 0.3) is 0 Å². The summed E-state index contributed by atoms with van der Waals surface area (Å²) < 4.78 is 15.7. The van der Waals surface area contributed by atoms with Gasteiger partial charge in [0, 0.05) is 29.2 Å². The van der Waals surface area contributed by atoms with Crippen LogP contribution in [0.4, 0.5) is 16.0 Å². The Hall–Kier alpha value is -3.55. The van der Waals surface area contributed by atoms with E-state index in [0.29, 0.717) is 22.6 Å². The highest BCUT2D eigenvalue weighted by Crippen LogP contribution is 2.26. The molecule has 4 N–H and O–H groups in total. The summed E-state index contributed by atoms with van der Waals surface area (Å²) in [4.78, 5) is 12.6. The minimum atomic E-state index is -0.389. The molecule has 3 aromatic heterocycles. The number of hydrogen-bond acceptors (Lipinski definition) is 6. The van der Waals surface area contributed by atoms with Gasteiger partial charge >= 0.3 is 0 Å². The largest absolute Gasteiger partial charge is 0.399 e. The number of fused-ring (bicyclic) bond motifs is 1. The lowest BCUT2D eigenvalue weighted by Crippen LogP contribution is -2.06. The Morgan fingerprint density at radius 2 is 1.84 bits per heavy atom. The zero-order chi connectivity index (χ0) is 17.4. The Bertz CT molecular complexity index is 1060. The highest BCUT2D eigenvalue weighted by atomic mass is 19.1. The molecule has 0 saturated heterocycles. The number of benzene rings is 1. The van der Waals surface area contributed by atoms with Gasteiger partial charge in [0.15, 0.2) is 5.65 Å². The van der Waals surface area contributed by atoms with Gasteiger partial charge < -0.3 is 11.5 Å². The lowest BCUT2D eigenvalue weighted by atomic mass is 10.1. The van der Waals surface area contributed by atoms with Gasteiger partial charge in [-0.15, -0.1) is 0 Å². The third-order valence-electron chi connectivity index (χ3n) is 3.86. The van der Waals surface area contributed by atoms with Gasteiger partial charge in [-0.3, -0.25) is 4.98 Å². The summed E-state index contributed by atoms with van der Waals surface area (Å²) in [5.74, 6) is -0.265. The zero-order valence-corrected chi connectivity index (χ0v) is 13.1. The standard InChI is InChI=1S/C17H14FN7/c18-14-7-12(19)2-1-11(14)9-25-16-13(8-22-25)15(23-17(20)24-16)10-3-5-21-6-4-10/h1-8H,9,19H2,(H2,20,23,24). The molecule has 4 rings (SSSR count). The van der Waals surface area contributed by atoms with Crippen LogP contribution in [-0.4, -0.2) is 24.7 Å². The van der Waals surface area contributed by atoms with Crippen molar-refractivity contribution < 1.29 is 4.39 Å². The molecule has 0 fully saturated rings. The van der Waals surface area contributed by atoms with Crippen molar-refractivity contribution in [3.05, 3.63) is 60.3 Å².